The van der Waals surface area contributed by atoms with E-state index >= 15 is 0 Å². The van der Waals surface area contributed by atoms with Gasteiger partial charge in [0.15, 0.2) is 0 Å². The third kappa shape index (κ3) is 3.56. The van der Waals surface area contributed by atoms with Crippen molar-refractivity contribution < 1.29 is 4.74 Å². The molecule has 1 aromatic heterocycles. The van der Waals surface area contributed by atoms with Crippen molar-refractivity contribution in [3.05, 3.63) is 11.9 Å². The minimum absolute atomic E-state index is 0.604. The lowest BCUT2D eigenvalue weighted by Crippen LogP contribution is -2.15. The Balaban J connectivity index is 1.94. The molecule has 1 unspecified atom stereocenters. The summed E-state index contributed by atoms with van der Waals surface area (Å²) in [5, 5.41) is 6.56. The number of anilines is 2. The van der Waals surface area contributed by atoms with Gasteiger partial charge < -0.3 is 15.4 Å². The van der Waals surface area contributed by atoms with E-state index in [1.165, 1.54) is 0 Å². The standard InChI is InChI=1S/C12H20N4O/c1-3-13-11-6-12(16-9(2)15-11)14-7-10-4-5-17-8-10/h6,10H,3-5,7-8H2,1-2H3,(H2,13,14,15,16). The Hall–Kier alpha value is -1.36. The van der Waals surface area contributed by atoms with Gasteiger partial charge in [0.2, 0.25) is 0 Å². The zero-order valence-electron chi connectivity index (χ0n) is 10.5. The van der Waals surface area contributed by atoms with Crippen LogP contribution in [0.5, 0.6) is 0 Å². The van der Waals surface area contributed by atoms with Gasteiger partial charge in [-0.1, -0.05) is 0 Å². The molecule has 17 heavy (non-hydrogen) atoms. The van der Waals surface area contributed by atoms with E-state index in [0.29, 0.717) is 5.92 Å². The number of aromatic nitrogens is 2. The van der Waals surface area contributed by atoms with Crippen LogP contribution in [-0.4, -0.2) is 36.3 Å². The molecule has 2 rings (SSSR count). The Labute approximate surface area is 102 Å². The molecule has 1 atom stereocenters. The summed E-state index contributed by atoms with van der Waals surface area (Å²) in [5.74, 6) is 3.16. The van der Waals surface area contributed by atoms with Crippen LogP contribution >= 0.6 is 0 Å². The molecule has 5 heteroatoms. The van der Waals surface area contributed by atoms with Crippen LogP contribution in [0.15, 0.2) is 6.07 Å². The second-order valence-electron chi connectivity index (χ2n) is 4.33. The van der Waals surface area contributed by atoms with Gasteiger partial charge in [0.05, 0.1) is 6.61 Å². The number of hydrogen-bond donors (Lipinski definition) is 2. The highest BCUT2D eigenvalue weighted by Gasteiger charge is 2.15. The maximum atomic E-state index is 5.35. The molecule has 2 heterocycles. The first-order chi connectivity index (χ1) is 8.28. The van der Waals surface area contributed by atoms with Gasteiger partial charge >= 0.3 is 0 Å². The molecule has 0 saturated carbocycles. The summed E-state index contributed by atoms with van der Waals surface area (Å²) in [6, 6.07) is 1.95. The fraction of sp³-hybridized carbons (Fsp3) is 0.667. The molecular weight excluding hydrogens is 216 g/mol. The molecule has 1 saturated heterocycles. The topological polar surface area (TPSA) is 59.1 Å². The summed E-state index contributed by atoms with van der Waals surface area (Å²) in [4.78, 5) is 8.69. The van der Waals surface area contributed by atoms with Crippen molar-refractivity contribution >= 4 is 11.6 Å². The van der Waals surface area contributed by atoms with Gasteiger partial charge in [0.25, 0.3) is 0 Å². The van der Waals surface area contributed by atoms with Crippen LogP contribution in [0.3, 0.4) is 0 Å². The monoisotopic (exact) mass is 236 g/mol. The highest BCUT2D eigenvalue weighted by molar-refractivity contribution is 5.47. The van der Waals surface area contributed by atoms with Crippen LogP contribution in [0.1, 0.15) is 19.2 Å². The van der Waals surface area contributed by atoms with Gasteiger partial charge in [-0.05, 0) is 20.3 Å². The fourth-order valence-corrected chi connectivity index (χ4v) is 1.92. The summed E-state index contributed by atoms with van der Waals surface area (Å²) in [6.07, 6.45) is 1.14. The highest BCUT2D eigenvalue weighted by Crippen LogP contribution is 2.15. The van der Waals surface area contributed by atoms with E-state index in [1.54, 1.807) is 0 Å². The maximum absolute atomic E-state index is 5.35. The molecule has 0 spiro atoms. The van der Waals surface area contributed by atoms with Crippen LogP contribution < -0.4 is 10.6 Å². The number of nitrogens with one attached hydrogen (secondary N) is 2. The van der Waals surface area contributed by atoms with Gasteiger partial charge in [0, 0.05) is 31.7 Å². The Morgan fingerprint density at radius 3 is 2.76 bits per heavy atom. The van der Waals surface area contributed by atoms with Crippen molar-refractivity contribution in [2.45, 2.75) is 20.3 Å². The molecule has 1 fully saturated rings. The van der Waals surface area contributed by atoms with Crippen LogP contribution in [0.25, 0.3) is 0 Å². The molecule has 1 aliphatic heterocycles. The normalized spacial score (nSPS) is 19.3. The summed E-state index contributed by atoms with van der Waals surface area (Å²) < 4.78 is 5.35. The molecule has 0 radical (unpaired) electrons. The number of rotatable bonds is 5. The second kappa shape index (κ2) is 5.82. The van der Waals surface area contributed by atoms with Crippen LogP contribution in [0.2, 0.25) is 0 Å². The third-order valence-electron chi connectivity index (χ3n) is 2.79. The molecular formula is C12H20N4O. The zero-order chi connectivity index (χ0) is 12.1. The van der Waals surface area contributed by atoms with Crippen molar-refractivity contribution in [2.75, 3.05) is 36.9 Å². The van der Waals surface area contributed by atoms with Gasteiger partial charge in [-0.3, -0.25) is 0 Å². The fourth-order valence-electron chi connectivity index (χ4n) is 1.92. The van der Waals surface area contributed by atoms with Crippen LogP contribution in [0.4, 0.5) is 11.6 Å². The van der Waals surface area contributed by atoms with E-state index in [4.69, 9.17) is 4.74 Å². The largest absolute Gasteiger partial charge is 0.381 e. The minimum Gasteiger partial charge on any atom is -0.381 e. The predicted octanol–water partition coefficient (Wildman–Crippen LogP) is 1.67. The smallest absolute Gasteiger partial charge is 0.131 e. The number of aryl methyl sites for hydroxylation is 1. The predicted molar refractivity (Wildman–Crippen MR) is 68.3 cm³/mol. The van der Waals surface area contributed by atoms with E-state index in [0.717, 1.165) is 50.2 Å². The van der Waals surface area contributed by atoms with E-state index in [1.807, 2.05) is 13.0 Å². The molecule has 0 aliphatic carbocycles. The Kier molecular flexibility index (Phi) is 4.14. The SMILES string of the molecule is CCNc1cc(NCC2CCOC2)nc(C)n1. The average molecular weight is 236 g/mol. The van der Waals surface area contributed by atoms with E-state index in [9.17, 15) is 0 Å². The Morgan fingerprint density at radius 2 is 2.12 bits per heavy atom. The van der Waals surface area contributed by atoms with Crippen molar-refractivity contribution in [3.63, 3.8) is 0 Å². The molecule has 0 bridgehead atoms. The molecule has 0 aromatic carbocycles. The van der Waals surface area contributed by atoms with E-state index in [2.05, 4.69) is 27.5 Å². The first-order valence-electron chi connectivity index (χ1n) is 6.19. The van der Waals surface area contributed by atoms with Crippen molar-refractivity contribution in [1.82, 2.24) is 9.97 Å². The van der Waals surface area contributed by atoms with Gasteiger partial charge in [-0.15, -0.1) is 0 Å². The molecule has 1 aromatic rings. The van der Waals surface area contributed by atoms with Crippen LogP contribution in [0, 0.1) is 12.8 Å². The maximum Gasteiger partial charge on any atom is 0.131 e. The lowest BCUT2D eigenvalue weighted by Gasteiger charge is -2.11. The number of hydrogen-bond acceptors (Lipinski definition) is 5. The molecule has 2 N–H and O–H groups in total. The third-order valence-corrected chi connectivity index (χ3v) is 2.79. The van der Waals surface area contributed by atoms with Crippen molar-refractivity contribution in [1.29, 1.82) is 0 Å². The quantitative estimate of drug-likeness (QED) is 0.814. The minimum atomic E-state index is 0.604. The first-order valence-corrected chi connectivity index (χ1v) is 6.19. The molecule has 1 aliphatic rings. The van der Waals surface area contributed by atoms with E-state index < -0.39 is 0 Å². The number of nitrogens with zero attached hydrogens (tertiary/aromatic N) is 2. The Morgan fingerprint density at radius 1 is 1.35 bits per heavy atom. The summed E-state index contributed by atoms with van der Waals surface area (Å²) in [5.41, 5.74) is 0. The van der Waals surface area contributed by atoms with Crippen molar-refractivity contribution in [2.24, 2.45) is 5.92 Å². The van der Waals surface area contributed by atoms with Gasteiger partial charge in [-0.2, -0.15) is 0 Å². The molecule has 0 amide bonds. The number of ether oxygens (including phenoxy) is 1. The first kappa shape index (κ1) is 12.1. The molecule has 5 nitrogen and oxygen atoms in total. The highest BCUT2D eigenvalue weighted by atomic mass is 16.5. The van der Waals surface area contributed by atoms with Gasteiger partial charge in [-0.25, -0.2) is 9.97 Å². The van der Waals surface area contributed by atoms with Gasteiger partial charge in [0.1, 0.15) is 17.5 Å². The van der Waals surface area contributed by atoms with Crippen LogP contribution in [-0.2, 0) is 4.74 Å². The lowest BCUT2D eigenvalue weighted by molar-refractivity contribution is 0.187. The zero-order valence-corrected chi connectivity index (χ0v) is 10.5. The summed E-state index contributed by atoms with van der Waals surface area (Å²) in [7, 11) is 0. The second-order valence-corrected chi connectivity index (χ2v) is 4.33. The summed E-state index contributed by atoms with van der Waals surface area (Å²) >= 11 is 0. The average Bonchev–Trinajstić information content (AvgIpc) is 2.79. The molecule has 94 valence electrons. The summed E-state index contributed by atoms with van der Waals surface area (Å²) in [6.45, 7) is 7.49. The Bertz CT molecular complexity index is 364. The lowest BCUT2D eigenvalue weighted by atomic mass is 10.1. The van der Waals surface area contributed by atoms with Crippen molar-refractivity contribution in [3.8, 4) is 0 Å². The van der Waals surface area contributed by atoms with E-state index in [-0.39, 0.29) is 0 Å².